The maximum Gasteiger partial charge on any atom is 0.387 e. The van der Waals surface area contributed by atoms with Crippen LogP contribution in [0.1, 0.15) is 63.6 Å². The Morgan fingerprint density at radius 3 is 2.50 bits per heavy atom. The predicted molar refractivity (Wildman–Crippen MR) is 126 cm³/mol. The van der Waals surface area contributed by atoms with E-state index in [1.54, 1.807) is 6.20 Å². The van der Waals surface area contributed by atoms with Crippen LogP contribution in [0, 0.1) is 11.8 Å². The highest BCUT2D eigenvalue weighted by Crippen LogP contribution is 2.64. The van der Waals surface area contributed by atoms with Gasteiger partial charge >= 0.3 is 6.61 Å². The number of likely N-dealkylation sites (tertiary alicyclic amines) is 1. The average Bonchev–Trinajstić information content (AvgIpc) is 3.17. The van der Waals surface area contributed by atoms with Crippen LogP contribution in [0.3, 0.4) is 0 Å². The molecule has 3 unspecified atom stereocenters. The van der Waals surface area contributed by atoms with Crippen molar-refractivity contribution in [1.29, 1.82) is 0 Å². The zero-order valence-electron chi connectivity index (χ0n) is 20.2. The lowest BCUT2D eigenvalue weighted by atomic mass is 9.99. The van der Waals surface area contributed by atoms with E-state index in [2.05, 4.69) is 39.2 Å². The van der Waals surface area contributed by atoms with Gasteiger partial charge in [-0.2, -0.15) is 13.9 Å². The molecule has 2 aromatic rings. The van der Waals surface area contributed by atoms with Crippen LogP contribution < -0.4 is 10.5 Å². The molecular weight excluding hydrogens is 440 g/mol. The quantitative estimate of drug-likeness (QED) is 0.596. The second-order valence-corrected chi connectivity index (χ2v) is 10.1. The summed E-state index contributed by atoms with van der Waals surface area (Å²) < 4.78 is 37.8. The fraction of sp³-hybridized carbons (Fsp3) is 0.680. The van der Waals surface area contributed by atoms with E-state index in [4.69, 9.17) is 15.6 Å². The molecule has 2 aromatic heterocycles. The highest BCUT2D eigenvalue weighted by atomic mass is 19.3. The molecule has 1 aliphatic heterocycles. The molecule has 3 atom stereocenters. The molecule has 3 aliphatic rings. The molecule has 5 rings (SSSR count). The number of ether oxygens (including phenoxy) is 2. The van der Waals surface area contributed by atoms with Crippen LogP contribution >= 0.6 is 0 Å². The average molecular weight is 476 g/mol. The number of anilines is 1. The molecule has 7 nitrogen and oxygen atoms in total. The number of methoxy groups -OCH3 is 1. The molecule has 3 heterocycles. The van der Waals surface area contributed by atoms with Crippen LogP contribution in [0.25, 0.3) is 11.3 Å². The van der Waals surface area contributed by atoms with Crippen molar-refractivity contribution in [3.8, 4) is 17.0 Å². The summed E-state index contributed by atoms with van der Waals surface area (Å²) in [6, 6.07) is 4.56. The Kier molecular flexibility index (Phi) is 6.50. The van der Waals surface area contributed by atoms with Gasteiger partial charge in [0.05, 0.1) is 11.8 Å². The lowest BCUT2D eigenvalue weighted by Crippen LogP contribution is -2.42. The fourth-order valence-electron chi connectivity index (χ4n) is 6.14. The Hall–Kier alpha value is -2.26. The number of aromatic nitrogens is 3. The second-order valence-electron chi connectivity index (χ2n) is 10.1. The van der Waals surface area contributed by atoms with Crippen molar-refractivity contribution in [1.82, 2.24) is 19.7 Å². The highest BCUT2D eigenvalue weighted by Gasteiger charge is 2.58. The molecule has 1 saturated heterocycles. The monoisotopic (exact) mass is 475 g/mol. The zero-order valence-corrected chi connectivity index (χ0v) is 20.2. The minimum Gasteiger partial charge on any atom is -0.431 e. The van der Waals surface area contributed by atoms with Gasteiger partial charge in [-0.05, 0) is 63.0 Å². The summed E-state index contributed by atoms with van der Waals surface area (Å²) >= 11 is 0. The van der Waals surface area contributed by atoms with E-state index in [9.17, 15) is 8.78 Å². The maximum atomic E-state index is 12.8. The molecule has 0 spiro atoms. The molecule has 2 saturated carbocycles. The number of hydrogen-bond donors (Lipinski definition) is 1. The topological polar surface area (TPSA) is 78.4 Å². The molecule has 0 bridgehead atoms. The van der Waals surface area contributed by atoms with Gasteiger partial charge in [0.15, 0.2) is 11.6 Å². The Labute approximate surface area is 199 Å². The van der Waals surface area contributed by atoms with Gasteiger partial charge < -0.3 is 20.1 Å². The minimum absolute atomic E-state index is 0.0528. The van der Waals surface area contributed by atoms with Crippen LogP contribution in [0.5, 0.6) is 5.75 Å². The van der Waals surface area contributed by atoms with Gasteiger partial charge in [-0.3, -0.25) is 4.68 Å². The lowest BCUT2D eigenvalue weighted by molar-refractivity contribution is -0.0494. The first kappa shape index (κ1) is 23.5. The van der Waals surface area contributed by atoms with Gasteiger partial charge in [-0.1, -0.05) is 6.92 Å². The molecule has 34 heavy (non-hydrogen) atoms. The molecule has 9 heteroatoms. The van der Waals surface area contributed by atoms with Crippen molar-refractivity contribution in [3.05, 3.63) is 24.0 Å². The third-order valence-electron chi connectivity index (χ3n) is 8.25. The van der Waals surface area contributed by atoms with E-state index in [-0.39, 0.29) is 17.6 Å². The molecule has 0 radical (unpaired) electrons. The number of nitrogens with two attached hydrogens (primary N) is 1. The number of fused-ring (bicyclic) bond motifs is 1. The van der Waals surface area contributed by atoms with Crippen molar-refractivity contribution in [3.63, 3.8) is 0 Å². The summed E-state index contributed by atoms with van der Waals surface area (Å²) in [7, 11) is 1.82. The van der Waals surface area contributed by atoms with E-state index in [0.717, 1.165) is 38.0 Å². The third kappa shape index (κ3) is 4.40. The summed E-state index contributed by atoms with van der Waals surface area (Å²) in [6.45, 7) is 3.65. The number of halogens is 2. The number of alkyl halides is 2. The van der Waals surface area contributed by atoms with Crippen molar-refractivity contribution >= 4 is 5.82 Å². The molecule has 3 fully saturated rings. The van der Waals surface area contributed by atoms with Crippen LogP contribution in [0.2, 0.25) is 0 Å². The van der Waals surface area contributed by atoms with E-state index in [0.29, 0.717) is 35.5 Å². The first-order valence-electron chi connectivity index (χ1n) is 12.5. The SMILES string of the molecule is CCC(C)n1nc(-c2cnc(N)c(OC(F)F)c2)cc1C1C2CC(N3CCC(OC)CC3)CC21. The van der Waals surface area contributed by atoms with Crippen molar-refractivity contribution in [2.24, 2.45) is 11.8 Å². The van der Waals surface area contributed by atoms with Crippen LogP contribution in [0.15, 0.2) is 18.3 Å². The Bertz CT molecular complexity index is 995. The molecule has 0 amide bonds. The molecule has 2 N–H and O–H groups in total. The third-order valence-corrected chi connectivity index (χ3v) is 8.25. The minimum atomic E-state index is -2.95. The smallest absolute Gasteiger partial charge is 0.387 e. The normalized spacial score (nSPS) is 28.3. The number of nitrogen functional groups attached to an aromatic ring is 1. The Balaban J connectivity index is 1.33. The molecular formula is C25H35F2N5O2. The number of rotatable bonds is 8. The summed E-state index contributed by atoms with van der Waals surface area (Å²) in [5, 5.41) is 4.88. The van der Waals surface area contributed by atoms with E-state index in [1.165, 1.54) is 24.6 Å². The van der Waals surface area contributed by atoms with E-state index >= 15 is 0 Å². The Morgan fingerprint density at radius 1 is 1.18 bits per heavy atom. The molecule has 0 aromatic carbocycles. The number of piperidine rings is 1. The van der Waals surface area contributed by atoms with Gasteiger partial charge in [0.2, 0.25) is 0 Å². The first-order valence-corrected chi connectivity index (χ1v) is 12.5. The van der Waals surface area contributed by atoms with Crippen molar-refractivity contribution < 1.29 is 18.3 Å². The summed E-state index contributed by atoms with van der Waals surface area (Å²) in [5.74, 6) is 1.74. The summed E-state index contributed by atoms with van der Waals surface area (Å²) in [6.07, 6.45) is 7.69. The molecule has 186 valence electrons. The van der Waals surface area contributed by atoms with Crippen molar-refractivity contribution in [2.45, 2.75) is 76.7 Å². The van der Waals surface area contributed by atoms with Crippen LogP contribution in [0.4, 0.5) is 14.6 Å². The largest absolute Gasteiger partial charge is 0.431 e. The van der Waals surface area contributed by atoms with Crippen LogP contribution in [-0.4, -0.2) is 58.6 Å². The fourth-order valence-corrected chi connectivity index (χ4v) is 6.14. The summed E-state index contributed by atoms with van der Waals surface area (Å²) in [4.78, 5) is 6.73. The van der Waals surface area contributed by atoms with Gasteiger partial charge in [0.25, 0.3) is 0 Å². The zero-order chi connectivity index (χ0) is 24.0. The summed E-state index contributed by atoms with van der Waals surface area (Å²) in [5.41, 5.74) is 8.34. The standard InChI is InChI=1S/C25H35F2N5O2/c1-4-14(2)32-21(12-20(30-32)15-9-22(34-25(26)27)24(28)29-13-15)23-18-10-16(11-19(18)23)31-7-5-17(33-3)6-8-31/h9,12-14,16-19,23,25H,4-8,10-11H2,1-3H3,(H2,28,29). The lowest BCUT2D eigenvalue weighted by Gasteiger charge is -2.36. The first-order chi connectivity index (χ1) is 16.4. The molecule has 2 aliphatic carbocycles. The number of hydrogen-bond acceptors (Lipinski definition) is 6. The van der Waals surface area contributed by atoms with Gasteiger partial charge in [0.1, 0.15) is 0 Å². The van der Waals surface area contributed by atoms with Crippen molar-refractivity contribution in [2.75, 3.05) is 25.9 Å². The highest BCUT2D eigenvalue weighted by molar-refractivity contribution is 5.64. The second kappa shape index (κ2) is 9.41. The van der Waals surface area contributed by atoms with E-state index < -0.39 is 6.61 Å². The van der Waals surface area contributed by atoms with Crippen LogP contribution in [-0.2, 0) is 4.74 Å². The maximum absolute atomic E-state index is 12.8. The van der Waals surface area contributed by atoms with Gasteiger partial charge in [0, 0.05) is 55.7 Å². The Morgan fingerprint density at radius 2 is 1.88 bits per heavy atom. The van der Waals surface area contributed by atoms with Gasteiger partial charge in [-0.15, -0.1) is 0 Å². The predicted octanol–water partition coefficient (Wildman–Crippen LogP) is 4.70. The number of nitrogens with zero attached hydrogens (tertiary/aromatic N) is 4. The number of pyridine rings is 1. The van der Waals surface area contributed by atoms with E-state index in [1.807, 2.05) is 7.11 Å². The van der Waals surface area contributed by atoms with Gasteiger partial charge in [-0.25, -0.2) is 4.98 Å².